The normalized spacial score (nSPS) is 24.6. The van der Waals surface area contributed by atoms with Gasteiger partial charge in [-0.3, -0.25) is 19.5 Å². The van der Waals surface area contributed by atoms with Gasteiger partial charge in [-0.1, -0.05) is 39.8 Å². The number of rotatable bonds is 6. The van der Waals surface area contributed by atoms with Crippen LogP contribution in [0.25, 0.3) is 0 Å². The monoisotopic (exact) mass is 521 g/mol. The average molecular weight is 522 g/mol. The van der Waals surface area contributed by atoms with Crippen molar-refractivity contribution < 1.29 is 14.0 Å². The lowest BCUT2D eigenvalue weighted by Crippen LogP contribution is -2.61. The van der Waals surface area contributed by atoms with E-state index >= 15 is 0 Å². The highest BCUT2D eigenvalue weighted by atomic mass is 19.1. The van der Waals surface area contributed by atoms with Gasteiger partial charge in [0.05, 0.1) is 12.2 Å². The number of halogens is 1. The Morgan fingerprint density at radius 2 is 1.89 bits per heavy atom. The van der Waals surface area contributed by atoms with E-state index in [0.29, 0.717) is 32.5 Å². The van der Waals surface area contributed by atoms with E-state index in [9.17, 15) is 14.0 Å². The number of benzene rings is 1. The van der Waals surface area contributed by atoms with Crippen molar-refractivity contribution in [2.24, 2.45) is 5.41 Å². The molecule has 7 nitrogen and oxygen atoms in total. The molecular weight excluding hydrogens is 481 g/mol. The van der Waals surface area contributed by atoms with Crippen molar-refractivity contribution in [3.05, 3.63) is 59.2 Å². The molecule has 1 aromatic carbocycles. The molecule has 0 bridgehead atoms. The first-order valence-corrected chi connectivity index (χ1v) is 13.7. The molecule has 204 valence electrons. The molecule has 2 fully saturated rings. The van der Waals surface area contributed by atoms with Crippen LogP contribution >= 0.6 is 0 Å². The summed E-state index contributed by atoms with van der Waals surface area (Å²) in [5.41, 5.74) is 3.63. The summed E-state index contributed by atoms with van der Waals surface area (Å²) < 4.78 is 13.4. The van der Waals surface area contributed by atoms with Crippen LogP contribution in [0.4, 0.5) is 10.1 Å². The maximum absolute atomic E-state index is 13.8. The van der Waals surface area contributed by atoms with Gasteiger partial charge in [-0.15, -0.1) is 0 Å². The minimum absolute atomic E-state index is 0.00236. The van der Waals surface area contributed by atoms with Gasteiger partial charge in [0.2, 0.25) is 11.8 Å². The number of carbonyl (C=O) groups is 2. The molecule has 0 radical (unpaired) electrons. The van der Waals surface area contributed by atoms with Crippen molar-refractivity contribution in [3.63, 3.8) is 0 Å². The number of anilines is 1. The highest BCUT2D eigenvalue weighted by molar-refractivity contribution is 5.97. The van der Waals surface area contributed by atoms with Gasteiger partial charge in [-0.05, 0) is 36.1 Å². The molecule has 8 heteroatoms. The van der Waals surface area contributed by atoms with Gasteiger partial charge in [0.15, 0.2) is 0 Å². The maximum atomic E-state index is 13.8. The SMILES string of the molecule is C[C@@H]1CN(CC(=O)N2CC(C)(C)c3cnc(Cc4ccc(F)cc4)cc32)[C@@H](CN2CC(C)(C)CC2=O)CN1. The van der Waals surface area contributed by atoms with Crippen molar-refractivity contribution in [1.82, 2.24) is 20.1 Å². The Balaban J connectivity index is 1.33. The molecule has 0 unspecified atom stereocenters. The second-order valence-electron chi connectivity index (χ2n) is 12.9. The van der Waals surface area contributed by atoms with Gasteiger partial charge in [-0.25, -0.2) is 4.39 Å². The van der Waals surface area contributed by atoms with E-state index < -0.39 is 0 Å². The van der Waals surface area contributed by atoms with E-state index in [4.69, 9.17) is 0 Å². The fourth-order valence-electron chi connectivity index (χ4n) is 6.19. The third-order valence-electron chi connectivity index (χ3n) is 8.21. The number of amides is 2. The molecule has 2 amide bonds. The number of pyridine rings is 1. The molecule has 0 aliphatic carbocycles. The number of aromatic nitrogens is 1. The highest BCUT2D eigenvalue weighted by Crippen LogP contribution is 2.40. The van der Waals surface area contributed by atoms with Crippen LogP contribution in [0.15, 0.2) is 36.5 Å². The van der Waals surface area contributed by atoms with Gasteiger partial charge >= 0.3 is 0 Å². The molecule has 3 aliphatic rings. The van der Waals surface area contributed by atoms with Gasteiger partial charge in [0.1, 0.15) is 5.82 Å². The van der Waals surface area contributed by atoms with Gasteiger partial charge in [0, 0.05) is 80.5 Å². The van der Waals surface area contributed by atoms with Crippen molar-refractivity contribution in [2.45, 2.75) is 65.0 Å². The molecular formula is C30H40FN5O2. The van der Waals surface area contributed by atoms with Crippen molar-refractivity contribution in [3.8, 4) is 0 Å². The number of nitrogens with zero attached hydrogens (tertiary/aromatic N) is 4. The second kappa shape index (κ2) is 10.0. The second-order valence-corrected chi connectivity index (χ2v) is 12.9. The van der Waals surface area contributed by atoms with Gasteiger partial charge in [-0.2, -0.15) is 0 Å². The van der Waals surface area contributed by atoms with E-state index in [-0.39, 0.29) is 40.5 Å². The zero-order valence-corrected chi connectivity index (χ0v) is 23.3. The average Bonchev–Trinajstić information content (AvgIpc) is 3.27. The van der Waals surface area contributed by atoms with E-state index in [1.54, 1.807) is 12.1 Å². The van der Waals surface area contributed by atoms with Crippen LogP contribution in [0.2, 0.25) is 0 Å². The van der Waals surface area contributed by atoms with Crippen LogP contribution in [0, 0.1) is 11.2 Å². The summed E-state index contributed by atoms with van der Waals surface area (Å²) in [5, 5.41) is 3.54. The van der Waals surface area contributed by atoms with Crippen LogP contribution in [-0.4, -0.2) is 78.0 Å². The third-order valence-corrected chi connectivity index (χ3v) is 8.21. The Kier molecular flexibility index (Phi) is 7.07. The Morgan fingerprint density at radius 3 is 2.58 bits per heavy atom. The molecule has 2 saturated heterocycles. The first-order valence-electron chi connectivity index (χ1n) is 13.7. The molecule has 0 saturated carbocycles. The summed E-state index contributed by atoms with van der Waals surface area (Å²) in [6.45, 7) is 14.6. The predicted octanol–water partition coefficient (Wildman–Crippen LogP) is 3.36. The third kappa shape index (κ3) is 5.61. The first-order chi connectivity index (χ1) is 17.9. The van der Waals surface area contributed by atoms with Crippen LogP contribution in [0.1, 0.15) is 57.9 Å². The first kappa shape index (κ1) is 26.8. The molecule has 3 aliphatic heterocycles. The Morgan fingerprint density at radius 1 is 1.16 bits per heavy atom. The lowest BCUT2D eigenvalue weighted by molar-refractivity contribution is -0.128. The minimum Gasteiger partial charge on any atom is -0.341 e. The number of hydrogen-bond acceptors (Lipinski definition) is 5. The molecule has 4 heterocycles. The molecule has 2 aromatic rings. The summed E-state index contributed by atoms with van der Waals surface area (Å²) in [6, 6.07) is 8.86. The van der Waals surface area contributed by atoms with E-state index in [2.05, 4.69) is 49.8 Å². The summed E-state index contributed by atoms with van der Waals surface area (Å²) in [7, 11) is 0. The predicted molar refractivity (Wildman–Crippen MR) is 147 cm³/mol. The van der Waals surface area contributed by atoms with Crippen LogP contribution < -0.4 is 10.2 Å². The Hall–Kier alpha value is -2.84. The maximum Gasteiger partial charge on any atom is 0.241 e. The fourth-order valence-corrected chi connectivity index (χ4v) is 6.19. The highest BCUT2D eigenvalue weighted by Gasteiger charge is 2.41. The summed E-state index contributed by atoms with van der Waals surface area (Å²) >= 11 is 0. The quantitative estimate of drug-likeness (QED) is 0.632. The lowest BCUT2D eigenvalue weighted by atomic mass is 9.88. The number of carbonyl (C=O) groups excluding carboxylic acids is 2. The lowest BCUT2D eigenvalue weighted by Gasteiger charge is -2.41. The molecule has 1 N–H and O–H groups in total. The van der Waals surface area contributed by atoms with Crippen molar-refractivity contribution in [1.29, 1.82) is 0 Å². The van der Waals surface area contributed by atoms with E-state index in [0.717, 1.165) is 42.1 Å². The van der Waals surface area contributed by atoms with Crippen molar-refractivity contribution in [2.75, 3.05) is 44.2 Å². The summed E-state index contributed by atoms with van der Waals surface area (Å²) in [6.07, 6.45) is 3.06. The van der Waals surface area contributed by atoms with Gasteiger partial charge in [0.25, 0.3) is 0 Å². The molecule has 5 rings (SSSR count). The zero-order chi connectivity index (χ0) is 27.2. The van der Waals surface area contributed by atoms with Crippen molar-refractivity contribution >= 4 is 17.5 Å². The molecule has 1 aromatic heterocycles. The largest absolute Gasteiger partial charge is 0.341 e. The Bertz CT molecular complexity index is 1210. The molecule has 38 heavy (non-hydrogen) atoms. The van der Waals surface area contributed by atoms with E-state index in [1.807, 2.05) is 22.1 Å². The molecule has 0 spiro atoms. The number of fused-ring (bicyclic) bond motifs is 1. The zero-order valence-electron chi connectivity index (χ0n) is 23.3. The molecule has 2 atom stereocenters. The summed E-state index contributed by atoms with van der Waals surface area (Å²) in [4.78, 5) is 37.3. The van der Waals surface area contributed by atoms with Crippen LogP contribution in [0.3, 0.4) is 0 Å². The Labute approximate surface area is 225 Å². The van der Waals surface area contributed by atoms with Crippen LogP contribution in [-0.2, 0) is 21.4 Å². The number of likely N-dealkylation sites (tertiary alicyclic amines) is 1. The van der Waals surface area contributed by atoms with Gasteiger partial charge < -0.3 is 15.1 Å². The summed E-state index contributed by atoms with van der Waals surface area (Å²) in [5.74, 6) is 0.0202. The van der Waals surface area contributed by atoms with E-state index in [1.165, 1.54) is 12.1 Å². The number of nitrogens with one attached hydrogen (secondary N) is 1. The fraction of sp³-hybridized carbons (Fsp3) is 0.567. The minimum atomic E-state index is -0.257. The topological polar surface area (TPSA) is 68.8 Å². The standard InChI is InChI=1S/C30H40FN5O2/c1-20-15-34(24(13-32-20)16-35-18-29(2,3)12-27(35)37)17-28(38)36-19-30(4,5)25-14-33-23(11-26(25)36)10-21-6-8-22(31)9-7-21/h6-9,11,14,20,24,32H,10,12-13,15-19H2,1-5H3/t20-,24-/m1/s1. The van der Waals surface area contributed by atoms with Crippen LogP contribution in [0.5, 0.6) is 0 Å². The number of hydrogen-bond donors (Lipinski definition) is 1. The number of piperazine rings is 1. The smallest absolute Gasteiger partial charge is 0.241 e.